The lowest BCUT2D eigenvalue weighted by Crippen LogP contribution is -2.47. The molecule has 1 atom stereocenters. The van der Waals surface area contributed by atoms with E-state index in [0.29, 0.717) is 23.7 Å². The van der Waals surface area contributed by atoms with Crippen LogP contribution in [0.3, 0.4) is 0 Å². The summed E-state index contributed by atoms with van der Waals surface area (Å²) < 4.78 is 63.5. The normalized spacial score (nSPS) is 22.4. The fourth-order valence-electron chi connectivity index (χ4n) is 5.91. The van der Waals surface area contributed by atoms with E-state index in [2.05, 4.69) is 46.0 Å². The maximum atomic E-state index is 13.0. The van der Waals surface area contributed by atoms with Gasteiger partial charge in [0.25, 0.3) is 0 Å². The summed E-state index contributed by atoms with van der Waals surface area (Å²) in [6.07, 6.45) is -2.84. The van der Waals surface area contributed by atoms with Crippen LogP contribution in [0.5, 0.6) is 0 Å². The zero-order valence-corrected chi connectivity index (χ0v) is 23.4. The molecule has 5 rings (SSSR count). The molecule has 0 bridgehead atoms. The van der Waals surface area contributed by atoms with E-state index in [9.17, 15) is 31.1 Å². The predicted octanol–water partition coefficient (Wildman–Crippen LogP) is 4.35. The fourth-order valence-corrected chi connectivity index (χ4v) is 5.91. The number of carboxylic acid groups (broad SMARTS) is 2. The van der Waals surface area contributed by atoms with Crippen LogP contribution in [0.2, 0.25) is 0 Å². The van der Waals surface area contributed by atoms with Crippen LogP contribution >= 0.6 is 0 Å². The minimum Gasteiger partial charge on any atom is -0.475 e. The first kappa shape index (κ1) is 33.6. The summed E-state index contributed by atoms with van der Waals surface area (Å²) in [7, 11) is 2.15. The Morgan fingerprint density at radius 3 is 1.83 bits per heavy atom. The summed E-state index contributed by atoms with van der Waals surface area (Å²) in [6.45, 7) is 7.61. The summed E-state index contributed by atoms with van der Waals surface area (Å²) in [5.74, 6) is -3.74. The highest BCUT2D eigenvalue weighted by atomic mass is 19.4. The van der Waals surface area contributed by atoms with Crippen LogP contribution in [0.15, 0.2) is 24.3 Å². The zero-order chi connectivity index (χ0) is 31.3. The zero-order valence-electron chi connectivity index (χ0n) is 23.4. The Hall–Kier alpha value is -2.87. The average Bonchev–Trinajstić information content (AvgIpc) is 3.68. The van der Waals surface area contributed by atoms with Crippen LogP contribution in [-0.4, -0.2) is 108 Å². The number of carboxylic acids is 2. The highest BCUT2D eigenvalue weighted by Crippen LogP contribution is 2.53. The van der Waals surface area contributed by atoms with Crippen LogP contribution in [0.4, 0.5) is 26.3 Å². The number of alkyl halides is 6. The average molecular weight is 610 g/mol. The van der Waals surface area contributed by atoms with E-state index < -0.39 is 24.3 Å². The molecule has 2 aliphatic heterocycles. The largest absolute Gasteiger partial charge is 0.490 e. The molecular weight excluding hydrogens is 572 g/mol. The molecule has 3 fully saturated rings. The molecule has 2 heterocycles. The van der Waals surface area contributed by atoms with Crippen molar-refractivity contribution in [2.75, 3.05) is 52.9 Å². The highest BCUT2D eigenvalue weighted by Gasteiger charge is 2.46. The Labute approximate surface area is 240 Å². The summed E-state index contributed by atoms with van der Waals surface area (Å²) >= 11 is 0. The van der Waals surface area contributed by atoms with Gasteiger partial charge < -0.3 is 24.9 Å². The smallest absolute Gasteiger partial charge is 0.475 e. The number of amides is 1. The number of likely N-dealkylation sites (N-methyl/N-ethyl adjacent to an activating group) is 1. The van der Waals surface area contributed by atoms with Gasteiger partial charge in [-0.3, -0.25) is 4.79 Å². The third-order valence-corrected chi connectivity index (χ3v) is 8.40. The van der Waals surface area contributed by atoms with Gasteiger partial charge in [-0.1, -0.05) is 24.3 Å². The van der Waals surface area contributed by atoms with Crippen molar-refractivity contribution in [3.8, 4) is 0 Å². The van der Waals surface area contributed by atoms with E-state index in [1.54, 1.807) is 5.56 Å². The van der Waals surface area contributed by atoms with E-state index >= 15 is 0 Å². The second-order valence-electron chi connectivity index (χ2n) is 11.5. The molecule has 14 heteroatoms. The van der Waals surface area contributed by atoms with E-state index in [1.807, 2.05) is 0 Å². The molecule has 1 aromatic carbocycles. The Balaban J connectivity index is 0.000000289. The molecule has 8 nitrogen and oxygen atoms in total. The number of hydrogen-bond donors (Lipinski definition) is 2. The summed E-state index contributed by atoms with van der Waals surface area (Å²) in [5.41, 5.74) is 3.36. The summed E-state index contributed by atoms with van der Waals surface area (Å²) in [4.78, 5) is 37.9. The van der Waals surface area contributed by atoms with Crippen LogP contribution in [0, 0.1) is 5.92 Å². The SMILES string of the molecule is CN1CCN(C(=O)CC2CC3(CCN(CC4CC4)CC3)c3ccccc32)CC1.O=C(O)C(F)(F)F.O=C(O)C(F)(F)F. The third-order valence-electron chi connectivity index (χ3n) is 8.40. The summed E-state index contributed by atoms with van der Waals surface area (Å²) in [5, 5.41) is 14.2. The molecule has 1 unspecified atom stereocenters. The van der Waals surface area contributed by atoms with Crippen molar-refractivity contribution >= 4 is 17.8 Å². The standard InChI is InChI=1S/C24H35N3O.2C2HF3O2/c1-25-12-14-27(15-13-25)23(28)16-20-17-24(22-5-3-2-4-21(20)22)8-10-26(11-9-24)18-19-6-7-19;2*3-2(4,5)1(6)7/h2-5,19-20H,6-18H2,1H3;2*(H,6,7). The number of likely N-dealkylation sites (tertiary alicyclic amines) is 1. The lowest BCUT2D eigenvalue weighted by atomic mass is 9.73. The monoisotopic (exact) mass is 609 g/mol. The fraction of sp³-hybridized carbons (Fsp3) is 0.679. The minimum atomic E-state index is -5.08. The number of hydrogen-bond acceptors (Lipinski definition) is 5. The Bertz CT molecular complexity index is 1070. The molecule has 2 N–H and O–H groups in total. The molecule has 4 aliphatic rings. The first-order chi connectivity index (χ1) is 19.5. The number of piperazine rings is 1. The van der Waals surface area contributed by atoms with Crippen LogP contribution in [0.1, 0.15) is 55.6 Å². The maximum Gasteiger partial charge on any atom is 0.490 e. The number of fused-ring (bicyclic) bond motifs is 2. The van der Waals surface area contributed by atoms with Crippen molar-refractivity contribution in [2.45, 2.75) is 62.2 Å². The van der Waals surface area contributed by atoms with Crippen molar-refractivity contribution in [1.29, 1.82) is 0 Å². The molecule has 2 aliphatic carbocycles. The molecule has 42 heavy (non-hydrogen) atoms. The quantitative estimate of drug-likeness (QED) is 0.490. The number of aliphatic carboxylic acids is 2. The van der Waals surface area contributed by atoms with E-state index in [1.165, 1.54) is 57.3 Å². The molecule has 1 aromatic rings. The number of nitrogens with zero attached hydrogens (tertiary/aromatic N) is 3. The molecular formula is C28H37F6N3O5. The molecule has 236 valence electrons. The first-order valence-electron chi connectivity index (χ1n) is 13.9. The van der Waals surface area contributed by atoms with Gasteiger partial charge in [0, 0.05) is 39.1 Å². The number of halogens is 6. The molecule has 1 saturated carbocycles. The van der Waals surface area contributed by atoms with Gasteiger partial charge >= 0.3 is 24.3 Å². The van der Waals surface area contributed by atoms with Gasteiger partial charge in [-0.05, 0) is 80.6 Å². The lowest BCUT2D eigenvalue weighted by molar-refractivity contribution is -0.193. The number of carbonyl (C=O) groups excluding carboxylic acids is 1. The second kappa shape index (κ2) is 13.6. The predicted molar refractivity (Wildman–Crippen MR) is 140 cm³/mol. The number of benzene rings is 1. The van der Waals surface area contributed by atoms with E-state index in [0.717, 1.165) is 32.1 Å². The van der Waals surface area contributed by atoms with Crippen molar-refractivity contribution in [3.05, 3.63) is 35.4 Å². The third kappa shape index (κ3) is 9.32. The van der Waals surface area contributed by atoms with Crippen molar-refractivity contribution in [2.24, 2.45) is 5.92 Å². The van der Waals surface area contributed by atoms with E-state index in [-0.39, 0.29) is 0 Å². The van der Waals surface area contributed by atoms with Crippen molar-refractivity contribution < 1.29 is 50.9 Å². The van der Waals surface area contributed by atoms with Gasteiger partial charge in [0.2, 0.25) is 5.91 Å². The molecule has 1 amide bonds. The second-order valence-corrected chi connectivity index (χ2v) is 11.5. The van der Waals surface area contributed by atoms with Gasteiger partial charge in [-0.25, -0.2) is 9.59 Å². The van der Waals surface area contributed by atoms with Gasteiger partial charge in [-0.2, -0.15) is 26.3 Å². The van der Waals surface area contributed by atoms with Crippen molar-refractivity contribution in [3.63, 3.8) is 0 Å². The lowest BCUT2D eigenvalue weighted by Gasteiger charge is -2.40. The van der Waals surface area contributed by atoms with Gasteiger partial charge in [0.1, 0.15) is 0 Å². The Kier molecular flexibility index (Phi) is 10.9. The Morgan fingerprint density at radius 2 is 1.36 bits per heavy atom. The maximum absolute atomic E-state index is 13.0. The van der Waals surface area contributed by atoms with E-state index in [4.69, 9.17) is 19.8 Å². The van der Waals surface area contributed by atoms with Crippen LogP contribution in [-0.2, 0) is 19.8 Å². The Morgan fingerprint density at radius 1 is 0.857 bits per heavy atom. The molecule has 0 aromatic heterocycles. The van der Waals surface area contributed by atoms with Gasteiger partial charge in [0.15, 0.2) is 0 Å². The minimum absolute atomic E-state index is 0.323. The highest BCUT2D eigenvalue weighted by molar-refractivity contribution is 5.77. The van der Waals surface area contributed by atoms with Crippen LogP contribution in [0.25, 0.3) is 0 Å². The topological polar surface area (TPSA) is 101 Å². The van der Waals surface area contributed by atoms with Gasteiger partial charge in [0.05, 0.1) is 0 Å². The van der Waals surface area contributed by atoms with Crippen molar-refractivity contribution in [1.82, 2.24) is 14.7 Å². The molecule has 2 saturated heterocycles. The number of rotatable bonds is 4. The van der Waals surface area contributed by atoms with Crippen LogP contribution < -0.4 is 0 Å². The number of piperidine rings is 1. The summed E-state index contributed by atoms with van der Waals surface area (Å²) in [6, 6.07) is 9.06. The molecule has 0 radical (unpaired) electrons. The number of carbonyl (C=O) groups is 3. The molecule has 1 spiro atoms. The first-order valence-corrected chi connectivity index (χ1v) is 13.9. The van der Waals surface area contributed by atoms with Gasteiger partial charge in [-0.15, -0.1) is 0 Å².